The molecule has 17 heavy (non-hydrogen) atoms. The molecule has 0 aliphatic rings. The van der Waals surface area contributed by atoms with E-state index >= 15 is 0 Å². The summed E-state index contributed by atoms with van der Waals surface area (Å²) < 4.78 is 1.90. The van der Waals surface area contributed by atoms with Crippen LogP contribution in [0, 0.1) is 0 Å². The highest BCUT2D eigenvalue weighted by molar-refractivity contribution is 7.98. The van der Waals surface area contributed by atoms with Gasteiger partial charge < -0.3 is 0 Å². The lowest BCUT2D eigenvalue weighted by molar-refractivity contribution is 0.905. The second-order valence-electron chi connectivity index (χ2n) is 3.50. The molecule has 0 radical (unpaired) electrons. The topological polar surface area (TPSA) is 43.6 Å². The molecule has 0 bridgehead atoms. The van der Waals surface area contributed by atoms with Crippen molar-refractivity contribution in [2.75, 3.05) is 6.26 Å². The summed E-state index contributed by atoms with van der Waals surface area (Å²) in [5.74, 6) is 0.658. The Balaban J connectivity index is 2.20. The lowest BCUT2D eigenvalue weighted by atomic mass is 10.3. The minimum Gasteiger partial charge on any atom is -0.267 e. The molecule has 84 valence electrons. The van der Waals surface area contributed by atoms with Gasteiger partial charge in [-0.05, 0) is 24.5 Å². The molecule has 0 saturated heterocycles. The van der Waals surface area contributed by atoms with E-state index < -0.39 is 0 Å². The third-order valence-corrected chi connectivity index (χ3v) is 3.14. The van der Waals surface area contributed by atoms with Gasteiger partial charge in [-0.15, -0.1) is 11.8 Å². The molecule has 0 N–H and O–H groups in total. The lowest BCUT2D eigenvalue weighted by Crippen LogP contribution is -1.99. The van der Waals surface area contributed by atoms with Crippen LogP contribution in [0.4, 0.5) is 0 Å². The SMILES string of the molecule is CSc1ccnc(-n2cnc3ccccc32)n1. The van der Waals surface area contributed by atoms with Crippen molar-refractivity contribution in [2.24, 2.45) is 0 Å². The number of benzene rings is 1. The van der Waals surface area contributed by atoms with Crippen LogP contribution in [-0.2, 0) is 0 Å². The Morgan fingerprint density at radius 2 is 2.00 bits per heavy atom. The van der Waals surface area contributed by atoms with E-state index in [9.17, 15) is 0 Å². The number of hydrogen-bond acceptors (Lipinski definition) is 4. The standard InChI is InChI=1S/C12H10N4S/c1-17-11-6-7-13-12(15-11)16-8-14-9-4-2-3-5-10(9)16/h2-8H,1H3. The zero-order valence-corrected chi connectivity index (χ0v) is 10.1. The van der Waals surface area contributed by atoms with Gasteiger partial charge in [0.15, 0.2) is 0 Å². The van der Waals surface area contributed by atoms with Gasteiger partial charge in [0.25, 0.3) is 0 Å². The molecule has 1 aromatic carbocycles. The van der Waals surface area contributed by atoms with Crippen molar-refractivity contribution in [3.8, 4) is 5.95 Å². The maximum atomic E-state index is 4.46. The van der Waals surface area contributed by atoms with Gasteiger partial charge in [0.2, 0.25) is 5.95 Å². The number of nitrogens with zero attached hydrogens (tertiary/aromatic N) is 4. The fraction of sp³-hybridized carbons (Fsp3) is 0.0833. The molecule has 0 atom stereocenters. The second kappa shape index (κ2) is 4.18. The van der Waals surface area contributed by atoms with Crippen molar-refractivity contribution in [3.05, 3.63) is 42.9 Å². The summed E-state index contributed by atoms with van der Waals surface area (Å²) in [6, 6.07) is 9.84. The maximum absolute atomic E-state index is 4.46. The molecule has 4 nitrogen and oxygen atoms in total. The highest BCUT2D eigenvalue weighted by atomic mass is 32.2. The Kier molecular flexibility index (Phi) is 2.53. The summed E-state index contributed by atoms with van der Waals surface area (Å²) in [6.45, 7) is 0. The normalized spacial score (nSPS) is 10.9. The average molecular weight is 242 g/mol. The molecular weight excluding hydrogens is 232 g/mol. The molecule has 3 aromatic rings. The number of thioether (sulfide) groups is 1. The summed E-state index contributed by atoms with van der Waals surface area (Å²) in [5, 5.41) is 0.952. The van der Waals surface area contributed by atoms with Crippen LogP contribution in [0.5, 0.6) is 0 Å². The van der Waals surface area contributed by atoms with Crippen molar-refractivity contribution >= 4 is 22.8 Å². The van der Waals surface area contributed by atoms with Crippen LogP contribution in [0.2, 0.25) is 0 Å². The average Bonchev–Trinajstić information content (AvgIpc) is 2.82. The lowest BCUT2D eigenvalue weighted by Gasteiger charge is -2.03. The Morgan fingerprint density at radius 3 is 2.88 bits per heavy atom. The number of para-hydroxylation sites is 2. The van der Waals surface area contributed by atoms with Crippen LogP contribution in [0.25, 0.3) is 17.0 Å². The van der Waals surface area contributed by atoms with E-state index in [4.69, 9.17) is 0 Å². The zero-order valence-electron chi connectivity index (χ0n) is 9.24. The minimum atomic E-state index is 0.658. The van der Waals surface area contributed by atoms with Crippen LogP contribution < -0.4 is 0 Å². The Hall–Kier alpha value is -1.88. The third kappa shape index (κ3) is 1.78. The monoisotopic (exact) mass is 242 g/mol. The first-order valence-corrected chi connectivity index (χ1v) is 6.40. The molecule has 0 aliphatic heterocycles. The van der Waals surface area contributed by atoms with Gasteiger partial charge in [-0.25, -0.2) is 15.0 Å². The Bertz CT molecular complexity index is 662. The van der Waals surface area contributed by atoms with Crippen LogP contribution in [0.3, 0.4) is 0 Å². The summed E-state index contributed by atoms with van der Waals surface area (Å²) in [6.07, 6.45) is 5.52. The molecule has 0 amide bonds. The quantitative estimate of drug-likeness (QED) is 0.511. The fourth-order valence-corrected chi connectivity index (χ4v) is 2.05. The molecule has 2 aromatic heterocycles. The second-order valence-corrected chi connectivity index (χ2v) is 4.33. The van der Waals surface area contributed by atoms with E-state index in [2.05, 4.69) is 15.0 Å². The van der Waals surface area contributed by atoms with Gasteiger partial charge >= 0.3 is 0 Å². The third-order valence-electron chi connectivity index (χ3n) is 2.50. The summed E-state index contributed by atoms with van der Waals surface area (Å²) in [5.41, 5.74) is 1.97. The molecule has 0 spiro atoms. The van der Waals surface area contributed by atoms with E-state index in [-0.39, 0.29) is 0 Å². The number of fused-ring (bicyclic) bond motifs is 1. The van der Waals surface area contributed by atoms with Crippen LogP contribution >= 0.6 is 11.8 Å². The summed E-state index contributed by atoms with van der Waals surface area (Å²) >= 11 is 1.60. The maximum Gasteiger partial charge on any atom is 0.236 e. The largest absolute Gasteiger partial charge is 0.267 e. The van der Waals surface area contributed by atoms with Crippen molar-refractivity contribution < 1.29 is 0 Å². The van der Waals surface area contributed by atoms with Gasteiger partial charge in [-0.3, -0.25) is 4.57 Å². The zero-order chi connectivity index (χ0) is 11.7. The van der Waals surface area contributed by atoms with Gasteiger partial charge in [0.1, 0.15) is 11.4 Å². The van der Waals surface area contributed by atoms with E-state index in [1.165, 1.54) is 0 Å². The van der Waals surface area contributed by atoms with Crippen molar-refractivity contribution in [1.29, 1.82) is 0 Å². The predicted molar refractivity (Wildman–Crippen MR) is 68.4 cm³/mol. The predicted octanol–water partition coefficient (Wildman–Crippen LogP) is 2.54. The molecule has 2 heterocycles. The molecule has 5 heteroatoms. The smallest absolute Gasteiger partial charge is 0.236 e. The van der Waals surface area contributed by atoms with Crippen molar-refractivity contribution in [1.82, 2.24) is 19.5 Å². The van der Waals surface area contributed by atoms with Crippen molar-refractivity contribution in [2.45, 2.75) is 5.03 Å². The van der Waals surface area contributed by atoms with Crippen LogP contribution in [0.15, 0.2) is 47.9 Å². The minimum absolute atomic E-state index is 0.658. The Morgan fingerprint density at radius 1 is 1.12 bits per heavy atom. The first kappa shape index (κ1) is 10.3. The van der Waals surface area contributed by atoms with Gasteiger partial charge in [0, 0.05) is 6.20 Å². The molecule has 0 saturated carbocycles. The molecule has 0 aliphatic carbocycles. The van der Waals surface area contributed by atoms with Crippen LogP contribution in [-0.4, -0.2) is 25.8 Å². The summed E-state index contributed by atoms with van der Waals surface area (Å²) in [7, 11) is 0. The highest BCUT2D eigenvalue weighted by Gasteiger charge is 2.06. The molecule has 0 unspecified atom stereocenters. The van der Waals surface area contributed by atoms with Gasteiger partial charge in [-0.2, -0.15) is 0 Å². The van der Waals surface area contributed by atoms with E-state index in [1.54, 1.807) is 24.3 Å². The van der Waals surface area contributed by atoms with Crippen molar-refractivity contribution in [3.63, 3.8) is 0 Å². The molecule has 0 fully saturated rings. The van der Waals surface area contributed by atoms with E-state index in [1.807, 2.05) is 41.2 Å². The number of imidazole rings is 1. The first-order valence-electron chi connectivity index (χ1n) is 5.18. The molecular formula is C12H10N4S. The first-order chi connectivity index (χ1) is 8.38. The van der Waals surface area contributed by atoms with Gasteiger partial charge in [0.05, 0.1) is 11.0 Å². The fourth-order valence-electron chi connectivity index (χ4n) is 1.68. The Labute approximate surface area is 103 Å². The number of rotatable bonds is 2. The van der Waals surface area contributed by atoms with Gasteiger partial charge in [-0.1, -0.05) is 12.1 Å². The highest BCUT2D eigenvalue weighted by Crippen LogP contribution is 2.17. The van der Waals surface area contributed by atoms with E-state index in [0.717, 1.165) is 16.1 Å². The number of aromatic nitrogens is 4. The number of hydrogen-bond donors (Lipinski definition) is 0. The summed E-state index contributed by atoms with van der Waals surface area (Å²) in [4.78, 5) is 13.1. The van der Waals surface area contributed by atoms with Crippen LogP contribution in [0.1, 0.15) is 0 Å². The molecule has 3 rings (SSSR count). The van der Waals surface area contributed by atoms with E-state index in [0.29, 0.717) is 5.95 Å².